The third kappa shape index (κ3) is 4.22. The van der Waals surface area contributed by atoms with E-state index < -0.39 is 0 Å². The van der Waals surface area contributed by atoms with Crippen molar-refractivity contribution in [3.8, 4) is 0 Å². The molecule has 5 nitrogen and oxygen atoms in total. The highest BCUT2D eigenvalue weighted by atomic mass is 32.2. The standard InChI is InChI=1S/C22H25N3O2S/c26-20(24-16-8-3-1-2-4-9-16)13-15-25-18-11-7-14-23-21(18)28-19-12-6-5-10-17(19)22(25)27/h5-7,10-12,14,16H,1-4,8-9,13,15H2,(H,24,26). The number of hydrogen-bond acceptors (Lipinski definition) is 4. The van der Waals surface area contributed by atoms with Gasteiger partial charge >= 0.3 is 0 Å². The predicted molar refractivity (Wildman–Crippen MR) is 111 cm³/mol. The Morgan fingerprint density at radius 2 is 1.89 bits per heavy atom. The van der Waals surface area contributed by atoms with Gasteiger partial charge in [0.1, 0.15) is 5.03 Å². The smallest absolute Gasteiger partial charge is 0.259 e. The average Bonchev–Trinajstić information content (AvgIpc) is 3.03. The van der Waals surface area contributed by atoms with Crippen LogP contribution in [-0.2, 0) is 4.79 Å². The molecule has 0 saturated heterocycles. The number of carbonyl (C=O) groups is 2. The highest BCUT2D eigenvalue weighted by molar-refractivity contribution is 7.99. The average molecular weight is 396 g/mol. The van der Waals surface area contributed by atoms with Crippen LogP contribution in [-0.4, -0.2) is 29.4 Å². The third-order valence-corrected chi connectivity index (χ3v) is 6.48. The van der Waals surface area contributed by atoms with Crippen LogP contribution in [0.5, 0.6) is 0 Å². The number of fused-ring (bicyclic) bond motifs is 2. The van der Waals surface area contributed by atoms with Gasteiger partial charge < -0.3 is 10.2 Å². The summed E-state index contributed by atoms with van der Waals surface area (Å²) in [6, 6.07) is 11.6. The van der Waals surface area contributed by atoms with Gasteiger partial charge in [-0.25, -0.2) is 4.98 Å². The molecule has 1 aliphatic carbocycles. The highest BCUT2D eigenvalue weighted by Gasteiger charge is 2.28. The zero-order chi connectivity index (χ0) is 19.3. The Labute approximate surface area is 169 Å². The van der Waals surface area contributed by atoms with Gasteiger partial charge in [0.05, 0.1) is 11.3 Å². The zero-order valence-corrected chi connectivity index (χ0v) is 16.7. The predicted octanol–water partition coefficient (Wildman–Crippen LogP) is 4.42. The summed E-state index contributed by atoms with van der Waals surface area (Å²) < 4.78 is 0. The SMILES string of the molecule is O=C(CCN1C(=O)c2ccccc2Sc2ncccc21)NC1CCCCCC1. The number of amides is 2. The van der Waals surface area contributed by atoms with Crippen LogP contribution in [0.4, 0.5) is 5.69 Å². The lowest BCUT2D eigenvalue weighted by atomic mass is 10.1. The first-order chi connectivity index (χ1) is 13.7. The van der Waals surface area contributed by atoms with Crippen molar-refractivity contribution in [3.63, 3.8) is 0 Å². The van der Waals surface area contributed by atoms with Crippen molar-refractivity contribution in [1.29, 1.82) is 0 Å². The van der Waals surface area contributed by atoms with Gasteiger partial charge in [-0.05, 0) is 37.1 Å². The van der Waals surface area contributed by atoms with Gasteiger partial charge in [-0.1, -0.05) is 49.6 Å². The molecule has 0 bridgehead atoms. The van der Waals surface area contributed by atoms with Crippen LogP contribution >= 0.6 is 11.8 Å². The lowest BCUT2D eigenvalue weighted by Gasteiger charge is -2.23. The Hall–Kier alpha value is -2.34. The fourth-order valence-electron chi connectivity index (χ4n) is 3.92. The maximum absolute atomic E-state index is 13.2. The van der Waals surface area contributed by atoms with E-state index in [4.69, 9.17) is 0 Å². The fraction of sp³-hybridized carbons (Fsp3) is 0.409. The largest absolute Gasteiger partial charge is 0.353 e. The van der Waals surface area contributed by atoms with Crippen molar-refractivity contribution in [2.45, 2.75) is 60.9 Å². The molecule has 4 rings (SSSR count). The second-order valence-electron chi connectivity index (χ2n) is 7.39. The molecule has 2 aliphatic rings. The number of anilines is 1. The van der Waals surface area contributed by atoms with Crippen LogP contribution in [0.15, 0.2) is 52.5 Å². The molecule has 2 amide bonds. The van der Waals surface area contributed by atoms with Gasteiger partial charge in [-0.2, -0.15) is 0 Å². The molecule has 1 fully saturated rings. The van der Waals surface area contributed by atoms with Crippen LogP contribution in [0, 0.1) is 0 Å². The molecule has 0 spiro atoms. The van der Waals surface area contributed by atoms with Crippen LogP contribution in [0.1, 0.15) is 55.3 Å². The minimum atomic E-state index is -0.0721. The zero-order valence-electron chi connectivity index (χ0n) is 15.9. The van der Waals surface area contributed by atoms with Gasteiger partial charge in [-0.15, -0.1) is 0 Å². The lowest BCUT2D eigenvalue weighted by Crippen LogP contribution is -2.38. The Morgan fingerprint density at radius 1 is 1.11 bits per heavy atom. The molecule has 2 aromatic rings. The van der Waals surface area contributed by atoms with E-state index in [9.17, 15) is 9.59 Å². The van der Waals surface area contributed by atoms with Gasteiger partial charge in [0.25, 0.3) is 5.91 Å². The van der Waals surface area contributed by atoms with Crippen LogP contribution in [0.2, 0.25) is 0 Å². The second-order valence-corrected chi connectivity index (χ2v) is 8.42. The van der Waals surface area contributed by atoms with Gasteiger partial charge in [-0.3, -0.25) is 9.59 Å². The number of benzene rings is 1. The molecule has 2 heterocycles. The molecule has 1 aromatic heterocycles. The first-order valence-corrected chi connectivity index (χ1v) is 10.9. The summed E-state index contributed by atoms with van der Waals surface area (Å²) in [4.78, 5) is 32.8. The van der Waals surface area contributed by atoms with Gasteiger partial charge in [0.2, 0.25) is 5.91 Å². The van der Waals surface area contributed by atoms with E-state index in [1.165, 1.54) is 37.4 Å². The molecule has 1 saturated carbocycles. The number of nitrogens with one attached hydrogen (secondary N) is 1. The fourth-order valence-corrected chi connectivity index (χ4v) is 4.93. The van der Waals surface area contributed by atoms with Crippen molar-refractivity contribution in [3.05, 3.63) is 48.2 Å². The summed E-state index contributed by atoms with van der Waals surface area (Å²) in [6.45, 7) is 0.352. The van der Waals surface area contributed by atoms with Crippen LogP contribution in [0.3, 0.4) is 0 Å². The normalized spacial score (nSPS) is 17.3. The van der Waals surface area contributed by atoms with E-state index in [0.29, 0.717) is 18.5 Å². The van der Waals surface area contributed by atoms with Crippen molar-refractivity contribution in [2.24, 2.45) is 0 Å². The van der Waals surface area contributed by atoms with Gasteiger partial charge in [0, 0.05) is 30.1 Å². The minimum Gasteiger partial charge on any atom is -0.353 e. The summed E-state index contributed by atoms with van der Waals surface area (Å²) in [6.07, 6.45) is 9.04. The Balaban J connectivity index is 1.49. The topological polar surface area (TPSA) is 62.3 Å². The highest BCUT2D eigenvalue weighted by Crippen LogP contribution is 2.39. The molecule has 1 aliphatic heterocycles. The summed E-state index contributed by atoms with van der Waals surface area (Å²) in [5.41, 5.74) is 1.44. The molecule has 0 unspecified atom stereocenters. The van der Waals surface area contributed by atoms with E-state index in [-0.39, 0.29) is 17.9 Å². The Morgan fingerprint density at radius 3 is 2.71 bits per heavy atom. The first-order valence-electron chi connectivity index (χ1n) is 10.1. The quantitative estimate of drug-likeness (QED) is 0.779. The Kier molecular flexibility index (Phi) is 5.95. The van der Waals surface area contributed by atoms with Crippen LogP contribution < -0.4 is 10.2 Å². The second kappa shape index (κ2) is 8.78. The summed E-state index contributed by atoms with van der Waals surface area (Å²) >= 11 is 1.50. The monoisotopic (exact) mass is 395 g/mol. The molecule has 1 aromatic carbocycles. The van der Waals surface area contributed by atoms with Crippen molar-refractivity contribution >= 4 is 29.3 Å². The number of aromatic nitrogens is 1. The van der Waals surface area contributed by atoms with E-state index in [2.05, 4.69) is 10.3 Å². The molecular weight excluding hydrogens is 370 g/mol. The number of pyridine rings is 1. The van der Waals surface area contributed by atoms with E-state index >= 15 is 0 Å². The van der Waals surface area contributed by atoms with Gasteiger partial charge in [0.15, 0.2) is 0 Å². The van der Waals surface area contributed by atoms with Crippen molar-refractivity contribution in [2.75, 3.05) is 11.4 Å². The third-order valence-electron chi connectivity index (χ3n) is 5.39. The molecule has 146 valence electrons. The minimum absolute atomic E-state index is 0.0234. The van der Waals surface area contributed by atoms with E-state index in [1.807, 2.05) is 36.4 Å². The molecule has 6 heteroatoms. The summed E-state index contributed by atoms with van der Waals surface area (Å²) in [7, 11) is 0. The molecule has 1 N–H and O–H groups in total. The van der Waals surface area contributed by atoms with Crippen LogP contribution in [0.25, 0.3) is 0 Å². The lowest BCUT2D eigenvalue weighted by molar-refractivity contribution is -0.121. The molecule has 0 radical (unpaired) electrons. The van der Waals surface area contributed by atoms with E-state index in [0.717, 1.165) is 28.5 Å². The number of carbonyl (C=O) groups excluding carboxylic acids is 2. The number of hydrogen-bond donors (Lipinski definition) is 1. The molecule has 28 heavy (non-hydrogen) atoms. The summed E-state index contributed by atoms with van der Waals surface area (Å²) in [5.74, 6) is -0.0487. The molecular formula is C22H25N3O2S. The molecule has 0 atom stereocenters. The summed E-state index contributed by atoms with van der Waals surface area (Å²) in [5, 5.41) is 3.97. The maximum Gasteiger partial charge on any atom is 0.259 e. The van der Waals surface area contributed by atoms with Crippen molar-refractivity contribution in [1.82, 2.24) is 10.3 Å². The number of rotatable bonds is 4. The van der Waals surface area contributed by atoms with E-state index in [1.54, 1.807) is 11.1 Å². The maximum atomic E-state index is 13.2. The Bertz CT molecular complexity index is 862. The van der Waals surface area contributed by atoms with Crippen molar-refractivity contribution < 1.29 is 9.59 Å². The number of nitrogens with zero attached hydrogens (tertiary/aromatic N) is 2. The first kappa shape index (κ1) is 19.0.